The van der Waals surface area contributed by atoms with Crippen molar-refractivity contribution < 1.29 is 19.0 Å². The lowest BCUT2D eigenvalue weighted by atomic mass is 9.96. The summed E-state index contributed by atoms with van der Waals surface area (Å²) in [5, 5.41) is 0.806. The molecule has 0 radical (unpaired) electrons. The largest absolute Gasteiger partial charge is 0.496 e. The van der Waals surface area contributed by atoms with E-state index in [-0.39, 0.29) is 6.61 Å². The summed E-state index contributed by atoms with van der Waals surface area (Å²) in [6.45, 7) is 8.19. The van der Waals surface area contributed by atoms with Crippen LogP contribution in [0.4, 0.5) is 0 Å². The molecule has 34 heavy (non-hydrogen) atoms. The molecule has 1 aromatic heterocycles. The fourth-order valence-electron chi connectivity index (χ4n) is 4.32. The van der Waals surface area contributed by atoms with Crippen LogP contribution in [0.5, 0.6) is 11.5 Å². The Morgan fingerprint density at radius 2 is 1.50 bits per heavy atom. The van der Waals surface area contributed by atoms with E-state index in [0.29, 0.717) is 29.1 Å². The van der Waals surface area contributed by atoms with Gasteiger partial charge in [-0.3, -0.25) is 0 Å². The molecule has 0 aliphatic carbocycles. The molecule has 5 heteroatoms. The van der Waals surface area contributed by atoms with Gasteiger partial charge in [0.1, 0.15) is 23.7 Å². The highest BCUT2D eigenvalue weighted by Crippen LogP contribution is 2.48. The molecule has 0 spiro atoms. The summed E-state index contributed by atoms with van der Waals surface area (Å²) >= 11 is 0. The summed E-state index contributed by atoms with van der Waals surface area (Å²) < 4.78 is 19.0. The van der Waals surface area contributed by atoms with Crippen molar-refractivity contribution in [2.75, 3.05) is 20.8 Å². The lowest BCUT2D eigenvalue weighted by Gasteiger charge is -2.15. The van der Waals surface area contributed by atoms with Gasteiger partial charge in [-0.25, -0.2) is 4.79 Å². The van der Waals surface area contributed by atoms with Crippen LogP contribution in [0.25, 0.3) is 33.3 Å². The Hall–Kier alpha value is -4.25. The van der Waals surface area contributed by atoms with Crippen molar-refractivity contribution in [1.29, 1.82) is 0 Å². The van der Waals surface area contributed by atoms with Crippen LogP contribution in [0.15, 0.2) is 92.0 Å². The van der Waals surface area contributed by atoms with Gasteiger partial charge >= 0.3 is 5.97 Å². The maximum absolute atomic E-state index is 13.3. The van der Waals surface area contributed by atoms with E-state index < -0.39 is 5.97 Å². The van der Waals surface area contributed by atoms with Crippen molar-refractivity contribution in [2.24, 2.45) is 0 Å². The molecule has 0 bridgehead atoms. The Morgan fingerprint density at radius 1 is 0.882 bits per heavy atom. The Balaban J connectivity index is 2.25. The highest BCUT2D eigenvalue weighted by molar-refractivity contribution is 6.16. The molecule has 4 rings (SSSR count). The number of carbonyl (C=O) groups is 1. The molecule has 4 aromatic rings. The number of rotatable bonds is 9. The van der Waals surface area contributed by atoms with Crippen LogP contribution in [0.2, 0.25) is 0 Å². The van der Waals surface area contributed by atoms with E-state index in [4.69, 9.17) is 14.2 Å². The van der Waals surface area contributed by atoms with E-state index in [2.05, 4.69) is 42.0 Å². The Labute approximate surface area is 199 Å². The number of carbonyl (C=O) groups excluding carboxylic acids is 1. The number of nitrogens with zero attached hydrogens (tertiary/aromatic N) is 1. The van der Waals surface area contributed by atoms with Gasteiger partial charge in [0.2, 0.25) is 0 Å². The Kier molecular flexibility index (Phi) is 6.83. The van der Waals surface area contributed by atoms with Gasteiger partial charge < -0.3 is 18.8 Å². The van der Waals surface area contributed by atoms with E-state index in [0.717, 1.165) is 27.8 Å². The fourth-order valence-corrected chi connectivity index (χ4v) is 4.32. The van der Waals surface area contributed by atoms with Gasteiger partial charge in [0.05, 0.1) is 30.8 Å². The van der Waals surface area contributed by atoms with Gasteiger partial charge in [0.15, 0.2) is 0 Å². The monoisotopic (exact) mass is 453 g/mol. The molecule has 0 atom stereocenters. The number of hydrogen-bond acceptors (Lipinski definition) is 4. The quantitative estimate of drug-likeness (QED) is 0.214. The van der Waals surface area contributed by atoms with Gasteiger partial charge in [-0.05, 0) is 11.1 Å². The topological polar surface area (TPSA) is 49.7 Å². The second-order valence-corrected chi connectivity index (χ2v) is 7.62. The second kappa shape index (κ2) is 10.1. The summed E-state index contributed by atoms with van der Waals surface area (Å²) in [5.74, 6) is 0.484. The van der Waals surface area contributed by atoms with Crippen molar-refractivity contribution in [3.8, 4) is 33.9 Å². The normalized spacial score (nSPS) is 10.6. The summed E-state index contributed by atoms with van der Waals surface area (Å²) in [5.41, 5.74) is 4.92. The van der Waals surface area contributed by atoms with Crippen LogP contribution < -0.4 is 9.47 Å². The third kappa shape index (κ3) is 3.97. The van der Waals surface area contributed by atoms with Crippen LogP contribution in [0.1, 0.15) is 10.4 Å². The molecule has 1 heterocycles. The highest BCUT2D eigenvalue weighted by Gasteiger charge is 2.30. The summed E-state index contributed by atoms with van der Waals surface area (Å²) in [4.78, 5) is 13.3. The van der Waals surface area contributed by atoms with E-state index in [1.54, 1.807) is 19.3 Å². The number of methoxy groups -OCH3 is 2. The average Bonchev–Trinajstić information content (AvgIpc) is 3.22. The molecule has 0 N–H and O–H groups in total. The van der Waals surface area contributed by atoms with E-state index in [9.17, 15) is 4.79 Å². The van der Waals surface area contributed by atoms with E-state index in [1.165, 1.54) is 7.11 Å². The first-order valence-corrected chi connectivity index (χ1v) is 11.0. The molecule has 0 saturated heterocycles. The minimum atomic E-state index is -0.494. The van der Waals surface area contributed by atoms with Crippen LogP contribution in [-0.2, 0) is 11.3 Å². The number of allylic oxidation sites excluding steroid dienone is 1. The third-order valence-electron chi connectivity index (χ3n) is 5.65. The predicted molar refractivity (Wildman–Crippen MR) is 137 cm³/mol. The van der Waals surface area contributed by atoms with Crippen molar-refractivity contribution >= 4 is 16.9 Å². The van der Waals surface area contributed by atoms with Crippen LogP contribution in [-0.4, -0.2) is 31.4 Å². The smallest absolute Gasteiger partial charge is 0.344 e. The summed E-state index contributed by atoms with van der Waals surface area (Å²) in [6.07, 6.45) is 3.35. The average molecular weight is 454 g/mol. The third-order valence-corrected chi connectivity index (χ3v) is 5.65. The van der Waals surface area contributed by atoms with Crippen LogP contribution in [0, 0.1) is 0 Å². The molecule has 0 unspecified atom stereocenters. The van der Waals surface area contributed by atoms with Crippen molar-refractivity contribution in [3.63, 3.8) is 0 Å². The number of ether oxygens (including phenoxy) is 3. The molecule has 0 amide bonds. The minimum Gasteiger partial charge on any atom is -0.496 e. The molecule has 0 aliphatic heterocycles. The minimum absolute atomic E-state index is 0.0920. The van der Waals surface area contributed by atoms with Crippen LogP contribution in [0.3, 0.4) is 0 Å². The zero-order valence-electron chi connectivity index (χ0n) is 19.4. The maximum atomic E-state index is 13.3. The van der Waals surface area contributed by atoms with Gasteiger partial charge in [-0.15, -0.1) is 6.58 Å². The first-order valence-electron chi connectivity index (χ1n) is 11.0. The van der Waals surface area contributed by atoms with E-state index >= 15 is 0 Å². The molecule has 0 aliphatic rings. The second-order valence-electron chi connectivity index (χ2n) is 7.62. The lowest BCUT2D eigenvalue weighted by molar-refractivity contribution is 0.0548. The van der Waals surface area contributed by atoms with Gasteiger partial charge in [-0.2, -0.15) is 0 Å². The standard InChI is InChI=1S/C29H27NO4/c1-5-17-30-27(21-15-11-8-12-16-21)24(20-13-9-7-10-14-20)25-22(32-3)19-23(33-4)26(28(25)30)29(31)34-18-6-2/h5-16,19H,1-2,17-18H2,3-4H3. The zero-order valence-corrected chi connectivity index (χ0v) is 19.4. The first-order chi connectivity index (χ1) is 16.7. The molecule has 0 fully saturated rings. The number of hydrogen-bond donors (Lipinski definition) is 0. The van der Waals surface area contributed by atoms with Gasteiger partial charge in [-0.1, -0.05) is 79.4 Å². The molecular formula is C29H27NO4. The highest BCUT2D eigenvalue weighted by atomic mass is 16.5. The predicted octanol–water partition coefficient (Wildman–Crippen LogP) is 6.52. The molecule has 5 nitrogen and oxygen atoms in total. The van der Waals surface area contributed by atoms with E-state index in [1.807, 2.05) is 42.5 Å². The Morgan fingerprint density at radius 3 is 2.06 bits per heavy atom. The fraction of sp³-hybridized carbons (Fsp3) is 0.138. The maximum Gasteiger partial charge on any atom is 0.344 e. The first kappa shape index (κ1) is 22.9. The lowest BCUT2D eigenvalue weighted by Crippen LogP contribution is -2.11. The zero-order chi connectivity index (χ0) is 24.1. The SMILES string of the molecule is C=CCOC(=O)c1c(OC)cc(OC)c2c(-c3ccccc3)c(-c3ccccc3)n(CC=C)c12. The molecular weight excluding hydrogens is 426 g/mol. The molecule has 3 aromatic carbocycles. The molecule has 0 saturated carbocycles. The van der Waals surface area contributed by atoms with Crippen molar-refractivity contribution in [1.82, 2.24) is 4.57 Å². The van der Waals surface area contributed by atoms with Crippen LogP contribution >= 0.6 is 0 Å². The number of aromatic nitrogens is 1. The number of fused-ring (bicyclic) bond motifs is 1. The molecule has 172 valence electrons. The van der Waals surface area contributed by atoms with Gasteiger partial charge in [0.25, 0.3) is 0 Å². The summed E-state index contributed by atoms with van der Waals surface area (Å²) in [7, 11) is 3.15. The van der Waals surface area contributed by atoms with Crippen molar-refractivity contribution in [3.05, 3.63) is 97.6 Å². The Bertz CT molecular complexity index is 1340. The number of esters is 1. The summed E-state index contributed by atoms with van der Waals surface area (Å²) in [6, 6.07) is 21.9. The number of benzene rings is 3. The van der Waals surface area contributed by atoms with Gasteiger partial charge in [0, 0.05) is 18.2 Å². The van der Waals surface area contributed by atoms with Crippen molar-refractivity contribution in [2.45, 2.75) is 6.54 Å².